The standard InChI is InChI=1S/C18H28N2O/c1-2-3-4-5-6-9-12-19-18(21)16-13-15-10-7-8-11-17(15)20-14-16/h7-8,10-11,16,20H,2-6,9,12-14H2,1H3,(H,19,21). The summed E-state index contributed by atoms with van der Waals surface area (Å²) in [6, 6.07) is 8.26. The molecular formula is C18H28N2O. The number of nitrogens with one attached hydrogen (secondary N) is 2. The van der Waals surface area contributed by atoms with Crippen LogP contribution >= 0.6 is 0 Å². The van der Waals surface area contributed by atoms with Crippen molar-refractivity contribution < 1.29 is 4.79 Å². The van der Waals surface area contributed by atoms with E-state index < -0.39 is 0 Å². The Bertz CT molecular complexity index is 445. The molecule has 2 rings (SSSR count). The first-order chi connectivity index (χ1) is 10.3. The number of hydrogen-bond acceptors (Lipinski definition) is 2. The van der Waals surface area contributed by atoms with Crippen LogP contribution in [0.5, 0.6) is 0 Å². The van der Waals surface area contributed by atoms with Gasteiger partial charge in [0.25, 0.3) is 0 Å². The highest BCUT2D eigenvalue weighted by molar-refractivity contribution is 5.80. The van der Waals surface area contributed by atoms with Gasteiger partial charge in [-0.15, -0.1) is 0 Å². The van der Waals surface area contributed by atoms with Crippen LogP contribution in [0.2, 0.25) is 0 Å². The zero-order valence-electron chi connectivity index (χ0n) is 13.2. The van der Waals surface area contributed by atoms with E-state index in [1.165, 1.54) is 43.4 Å². The van der Waals surface area contributed by atoms with Crippen LogP contribution in [0.15, 0.2) is 24.3 Å². The molecule has 0 bridgehead atoms. The second-order valence-corrected chi connectivity index (χ2v) is 6.00. The van der Waals surface area contributed by atoms with Crippen LogP contribution in [0.3, 0.4) is 0 Å². The highest BCUT2D eigenvalue weighted by Gasteiger charge is 2.23. The summed E-state index contributed by atoms with van der Waals surface area (Å²) in [5.41, 5.74) is 2.43. The summed E-state index contributed by atoms with van der Waals surface area (Å²) >= 11 is 0. The first-order valence-corrected chi connectivity index (χ1v) is 8.40. The molecule has 3 heteroatoms. The van der Waals surface area contributed by atoms with Crippen molar-refractivity contribution in [3.63, 3.8) is 0 Å². The Kier molecular flexibility index (Phi) is 6.58. The van der Waals surface area contributed by atoms with Gasteiger partial charge in [0.2, 0.25) is 5.91 Å². The Labute approximate surface area is 128 Å². The van der Waals surface area contributed by atoms with Crippen molar-refractivity contribution in [1.29, 1.82) is 0 Å². The van der Waals surface area contributed by atoms with Crippen LogP contribution in [-0.4, -0.2) is 19.0 Å². The van der Waals surface area contributed by atoms with Crippen molar-refractivity contribution in [2.75, 3.05) is 18.4 Å². The summed E-state index contributed by atoms with van der Waals surface area (Å²) in [5, 5.41) is 6.45. The van der Waals surface area contributed by atoms with Gasteiger partial charge < -0.3 is 10.6 Å². The Balaban J connectivity index is 1.64. The molecule has 1 amide bonds. The van der Waals surface area contributed by atoms with Gasteiger partial charge in [-0.1, -0.05) is 57.2 Å². The minimum absolute atomic E-state index is 0.0694. The SMILES string of the molecule is CCCCCCCCNC(=O)C1CNc2ccccc2C1. The minimum Gasteiger partial charge on any atom is -0.384 e. The lowest BCUT2D eigenvalue weighted by Gasteiger charge is -2.25. The van der Waals surface area contributed by atoms with Gasteiger partial charge in [0.15, 0.2) is 0 Å². The zero-order valence-corrected chi connectivity index (χ0v) is 13.2. The largest absolute Gasteiger partial charge is 0.384 e. The van der Waals surface area contributed by atoms with E-state index in [2.05, 4.69) is 29.7 Å². The third-order valence-electron chi connectivity index (χ3n) is 4.22. The van der Waals surface area contributed by atoms with E-state index in [1.807, 2.05) is 12.1 Å². The molecule has 1 unspecified atom stereocenters. The molecule has 1 aromatic rings. The number of amides is 1. The number of anilines is 1. The molecule has 21 heavy (non-hydrogen) atoms. The summed E-state index contributed by atoms with van der Waals surface area (Å²) in [6.45, 7) is 3.80. The highest BCUT2D eigenvalue weighted by Crippen LogP contribution is 2.24. The quantitative estimate of drug-likeness (QED) is 0.715. The van der Waals surface area contributed by atoms with E-state index >= 15 is 0 Å². The first kappa shape index (κ1) is 15.9. The molecule has 0 aliphatic carbocycles. The number of fused-ring (bicyclic) bond motifs is 1. The second-order valence-electron chi connectivity index (χ2n) is 6.00. The van der Waals surface area contributed by atoms with E-state index in [9.17, 15) is 4.79 Å². The highest BCUT2D eigenvalue weighted by atomic mass is 16.1. The van der Waals surface area contributed by atoms with Crippen molar-refractivity contribution in [3.8, 4) is 0 Å². The van der Waals surface area contributed by atoms with Crippen LogP contribution in [0, 0.1) is 5.92 Å². The predicted octanol–water partition coefficient (Wildman–Crippen LogP) is 3.75. The molecule has 0 saturated heterocycles. The lowest BCUT2D eigenvalue weighted by molar-refractivity contribution is -0.124. The number of rotatable bonds is 8. The monoisotopic (exact) mass is 288 g/mol. The first-order valence-electron chi connectivity index (χ1n) is 8.40. The van der Waals surface area contributed by atoms with Gasteiger partial charge in [0.1, 0.15) is 0 Å². The summed E-state index contributed by atoms with van der Waals surface area (Å²) in [4.78, 5) is 12.2. The van der Waals surface area contributed by atoms with Gasteiger partial charge >= 0.3 is 0 Å². The molecule has 0 radical (unpaired) electrons. The molecule has 0 saturated carbocycles. The summed E-state index contributed by atoms with van der Waals surface area (Å²) in [5.74, 6) is 0.269. The molecule has 1 heterocycles. The van der Waals surface area contributed by atoms with Crippen LogP contribution in [0.1, 0.15) is 51.0 Å². The molecule has 0 aromatic heterocycles. The Morgan fingerprint density at radius 2 is 1.95 bits per heavy atom. The van der Waals surface area contributed by atoms with Gasteiger partial charge in [-0.2, -0.15) is 0 Å². The van der Waals surface area contributed by atoms with Crippen LogP contribution < -0.4 is 10.6 Å². The maximum Gasteiger partial charge on any atom is 0.225 e. The molecule has 1 aliphatic rings. The van der Waals surface area contributed by atoms with Crippen molar-refractivity contribution in [2.24, 2.45) is 5.92 Å². The number of carbonyl (C=O) groups excluding carboxylic acids is 1. The molecular weight excluding hydrogens is 260 g/mol. The second kappa shape index (κ2) is 8.71. The molecule has 0 fully saturated rings. The fourth-order valence-electron chi connectivity index (χ4n) is 2.89. The van der Waals surface area contributed by atoms with Crippen molar-refractivity contribution in [3.05, 3.63) is 29.8 Å². The normalized spacial score (nSPS) is 16.9. The Morgan fingerprint density at radius 1 is 1.19 bits per heavy atom. The van der Waals surface area contributed by atoms with Gasteiger partial charge in [-0.3, -0.25) is 4.79 Å². The molecule has 1 atom stereocenters. The molecule has 0 spiro atoms. The minimum atomic E-state index is 0.0694. The number of hydrogen-bond donors (Lipinski definition) is 2. The lowest BCUT2D eigenvalue weighted by atomic mass is 9.93. The number of benzene rings is 1. The third kappa shape index (κ3) is 5.07. The smallest absolute Gasteiger partial charge is 0.225 e. The molecule has 116 valence electrons. The van der Waals surface area contributed by atoms with E-state index in [0.717, 1.165) is 25.9 Å². The van der Waals surface area contributed by atoms with Gasteiger partial charge in [-0.25, -0.2) is 0 Å². The topological polar surface area (TPSA) is 41.1 Å². The number of carbonyl (C=O) groups is 1. The van der Waals surface area contributed by atoms with Crippen molar-refractivity contribution in [1.82, 2.24) is 5.32 Å². The lowest BCUT2D eigenvalue weighted by Crippen LogP contribution is -2.38. The molecule has 3 nitrogen and oxygen atoms in total. The average Bonchev–Trinajstić information content (AvgIpc) is 2.53. The summed E-state index contributed by atoms with van der Waals surface area (Å²) in [7, 11) is 0. The van der Waals surface area contributed by atoms with E-state index in [0.29, 0.717) is 0 Å². The van der Waals surface area contributed by atoms with Gasteiger partial charge in [0, 0.05) is 18.8 Å². The van der Waals surface area contributed by atoms with E-state index in [1.54, 1.807) is 0 Å². The van der Waals surface area contributed by atoms with Crippen LogP contribution in [0.25, 0.3) is 0 Å². The van der Waals surface area contributed by atoms with Gasteiger partial charge in [0.05, 0.1) is 5.92 Å². The van der Waals surface area contributed by atoms with Crippen LogP contribution in [0.4, 0.5) is 5.69 Å². The Hall–Kier alpha value is -1.51. The third-order valence-corrected chi connectivity index (χ3v) is 4.22. The predicted molar refractivity (Wildman–Crippen MR) is 88.5 cm³/mol. The number of unbranched alkanes of at least 4 members (excludes halogenated alkanes) is 5. The number of para-hydroxylation sites is 1. The van der Waals surface area contributed by atoms with Crippen LogP contribution in [-0.2, 0) is 11.2 Å². The van der Waals surface area contributed by atoms with E-state index in [4.69, 9.17) is 0 Å². The maximum absolute atomic E-state index is 12.2. The molecule has 2 N–H and O–H groups in total. The Morgan fingerprint density at radius 3 is 2.81 bits per heavy atom. The van der Waals surface area contributed by atoms with Crippen molar-refractivity contribution in [2.45, 2.75) is 51.9 Å². The molecule has 1 aromatic carbocycles. The van der Waals surface area contributed by atoms with Crippen molar-refractivity contribution >= 4 is 11.6 Å². The fourth-order valence-corrected chi connectivity index (χ4v) is 2.89. The van der Waals surface area contributed by atoms with Gasteiger partial charge in [-0.05, 0) is 24.5 Å². The average molecular weight is 288 g/mol. The zero-order chi connectivity index (χ0) is 14.9. The molecule has 1 aliphatic heterocycles. The van der Waals surface area contributed by atoms with E-state index in [-0.39, 0.29) is 11.8 Å². The summed E-state index contributed by atoms with van der Waals surface area (Å²) < 4.78 is 0. The fraction of sp³-hybridized carbons (Fsp3) is 0.611. The summed E-state index contributed by atoms with van der Waals surface area (Å²) in [6.07, 6.45) is 8.42. The maximum atomic E-state index is 12.2.